The number of anilines is 1. The normalized spacial score (nSPS) is 13.9. The summed E-state index contributed by atoms with van der Waals surface area (Å²) < 4.78 is 5.57. The summed E-state index contributed by atoms with van der Waals surface area (Å²) in [6, 6.07) is 14.1. The maximum Gasteiger partial charge on any atom is 0.339 e. The Morgan fingerprint density at radius 2 is 1.71 bits per heavy atom. The molecule has 0 bridgehead atoms. The van der Waals surface area contributed by atoms with Crippen LogP contribution in [0.15, 0.2) is 48.5 Å². The van der Waals surface area contributed by atoms with Crippen molar-refractivity contribution < 1.29 is 19.1 Å². The molecule has 0 aliphatic heterocycles. The Balaban J connectivity index is 1.54. The van der Waals surface area contributed by atoms with E-state index in [-0.39, 0.29) is 5.78 Å². The highest BCUT2D eigenvalue weighted by Crippen LogP contribution is 2.30. The number of Topliss-reactive ketones (excluding diaryl/α,β-unsaturated/α-hetero) is 1. The van der Waals surface area contributed by atoms with E-state index in [1.54, 1.807) is 31.2 Å². The zero-order valence-electron chi connectivity index (χ0n) is 17.6. The van der Waals surface area contributed by atoms with Crippen molar-refractivity contribution >= 4 is 34.3 Å². The summed E-state index contributed by atoms with van der Waals surface area (Å²) in [5.74, 6) is -0.990. The molecule has 158 valence electrons. The van der Waals surface area contributed by atoms with Crippen LogP contribution in [0.5, 0.6) is 0 Å². The van der Waals surface area contributed by atoms with Crippen LogP contribution >= 0.6 is 0 Å². The lowest BCUT2D eigenvalue weighted by atomic mass is 9.90. The number of pyridine rings is 1. The average molecular weight is 416 g/mol. The Hall–Kier alpha value is -3.54. The van der Waals surface area contributed by atoms with E-state index in [1.165, 1.54) is 6.92 Å². The number of fused-ring (bicyclic) bond motifs is 2. The second-order valence-electron chi connectivity index (χ2n) is 7.81. The van der Waals surface area contributed by atoms with Crippen LogP contribution in [0.2, 0.25) is 0 Å². The molecule has 1 aliphatic carbocycles. The van der Waals surface area contributed by atoms with Crippen LogP contribution in [0.1, 0.15) is 58.7 Å². The fraction of sp³-hybridized carbons (Fsp3) is 0.280. The van der Waals surface area contributed by atoms with Crippen molar-refractivity contribution in [3.8, 4) is 0 Å². The lowest BCUT2D eigenvalue weighted by Crippen LogP contribution is -2.30. The molecule has 4 rings (SSSR count). The van der Waals surface area contributed by atoms with Crippen molar-refractivity contribution in [2.75, 3.05) is 5.32 Å². The van der Waals surface area contributed by atoms with Gasteiger partial charge in [0.15, 0.2) is 11.9 Å². The minimum absolute atomic E-state index is 0.0481. The number of hydrogen-bond acceptors (Lipinski definition) is 5. The fourth-order valence-corrected chi connectivity index (χ4v) is 3.91. The van der Waals surface area contributed by atoms with Crippen molar-refractivity contribution in [1.82, 2.24) is 4.98 Å². The number of ketones is 1. The summed E-state index contributed by atoms with van der Waals surface area (Å²) >= 11 is 0. The predicted octanol–water partition coefficient (Wildman–Crippen LogP) is 4.50. The van der Waals surface area contributed by atoms with Crippen LogP contribution in [0, 0.1) is 0 Å². The Morgan fingerprint density at radius 3 is 2.45 bits per heavy atom. The number of amides is 1. The number of benzene rings is 2. The van der Waals surface area contributed by atoms with Crippen molar-refractivity contribution in [1.29, 1.82) is 0 Å². The number of ether oxygens (including phenoxy) is 1. The zero-order valence-corrected chi connectivity index (χ0v) is 17.6. The second-order valence-corrected chi connectivity index (χ2v) is 7.81. The van der Waals surface area contributed by atoms with Gasteiger partial charge in [-0.25, -0.2) is 4.79 Å². The Bertz CT molecular complexity index is 1170. The first-order valence-electron chi connectivity index (χ1n) is 10.5. The predicted molar refractivity (Wildman–Crippen MR) is 118 cm³/mol. The van der Waals surface area contributed by atoms with Gasteiger partial charge < -0.3 is 10.1 Å². The highest BCUT2D eigenvalue weighted by atomic mass is 16.5. The van der Waals surface area contributed by atoms with Crippen LogP contribution in [0.25, 0.3) is 10.9 Å². The molecule has 1 aromatic heterocycles. The Morgan fingerprint density at radius 1 is 1.00 bits per heavy atom. The largest absolute Gasteiger partial charge is 0.449 e. The molecule has 0 fully saturated rings. The molecule has 1 aliphatic rings. The van der Waals surface area contributed by atoms with Gasteiger partial charge in [0.25, 0.3) is 5.91 Å². The number of carbonyl (C=O) groups is 3. The van der Waals surface area contributed by atoms with Gasteiger partial charge in [-0.15, -0.1) is 0 Å². The van der Waals surface area contributed by atoms with Crippen LogP contribution < -0.4 is 5.32 Å². The third-order valence-electron chi connectivity index (χ3n) is 5.59. The fourth-order valence-electron chi connectivity index (χ4n) is 3.91. The molecule has 1 heterocycles. The summed E-state index contributed by atoms with van der Waals surface area (Å²) in [6.45, 7) is 3.03. The van der Waals surface area contributed by atoms with E-state index in [9.17, 15) is 14.4 Å². The van der Waals surface area contributed by atoms with Gasteiger partial charge in [-0.05, 0) is 75.4 Å². The van der Waals surface area contributed by atoms with Gasteiger partial charge in [-0.2, -0.15) is 0 Å². The SMILES string of the molecule is CC(=O)c1ccc(NC(=O)[C@@H](C)OC(=O)c2c3c(nc4ccccc24)CCCC3)cc1. The van der Waals surface area contributed by atoms with Gasteiger partial charge in [-0.1, -0.05) is 18.2 Å². The highest BCUT2D eigenvalue weighted by Gasteiger charge is 2.26. The molecular formula is C25H24N2O4. The molecule has 0 radical (unpaired) electrons. The lowest BCUT2D eigenvalue weighted by molar-refractivity contribution is -0.123. The summed E-state index contributed by atoms with van der Waals surface area (Å²) in [5, 5.41) is 3.47. The lowest BCUT2D eigenvalue weighted by Gasteiger charge is -2.21. The van der Waals surface area contributed by atoms with Gasteiger partial charge in [0.1, 0.15) is 0 Å². The van der Waals surface area contributed by atoms with Crippen LogP contribution in [-0.2, 0) is 22.4 Å². The number of aromatic nitrogens is 1. The van der Waals surface area contributed by atoms with E-state index in [0.717, 1.165) is 47.8 Å². The Labute approximate surface area is 180 Å². The van der Waals surface area contributed by atoms with E-state index in [2.05, 4.69) is 5.32 Å². The van der Waals surface area contributed by atoms with E-state index in [1.807, 2.05) is 24.3 Å². The molecule has 0 unspecified atom stereocenters. The van der Waals surface area contributed by atoms with Crippen LogP contribution in [-0.4, -0.2) is 28.7 Å². The first-order valence-corrected chi connectivity index (χ1v) is 10.5. The molecule has 3 aromatic rings. The standard InChI is InChI=1S/C25H24N2O4/c1-15(28)17-11-13-18(14-12-17)26-24(29)16(2)31-25(30)23-19-7-3-5-9-21(19)27-22-10-6-4-8-20(22)23/h3,5,7,9,11-14,16H,4,6,8,10H2,1-2H3,(H,26,29)/t16-/m1/s1. The first kappa shape index (κ1) is 20.7. The third-order valence-corrected chi connectivity index (χ3v) is 5.59. The van der Waals surface area contributed by atoms with Crippen LogP contribution in [0.4, 0.5) is 5.69 Å². The molecule has 1 amide bonds. The molecule has 1 N–H and O–H groups in total. The smallest absolute Gasteiger partial charge is 0.339 e. The molecule has 31 heavy (non-hydrogen) atoms. The Kier molecular flexibility index (Phi) is 5.80. The van der Waals surface area contributed by atoms with Gasteiger partial charge in [-0.3, -0.25) is 14.6 Å². The second kappa shape index (κ2) is 8.68. The van der Waals surface area contributed by atoms with E-state index in [0.29, 0.717) is 16.8 Å². The minimum Gasteiger partial charge on any atom is -0.449 e. The highest BCUT2D eigenvalue weighted by molar-refractivity contribution is 6.06. The third kappa shape index (κ3) is 4.33. The minimum atomic E-state index is -0.980. The molecular weight excluding hydrogens is 392 g/mol. The molecule has 6 nitrogen and oxygen atoms in total. The van der Waals surface area contributed by atoms with E-state index in [4.69, 9.17) is 9.72 Å². The summed E-state index contributed by atoms with van der Waals surface area (Å²) in [5.41, 5.74) is 4.25. The van der Waals surface area contributed by atoms with Crippen molar-refractivity contribution in [3.05, 3.63) is 70.9 Å². The van der Waals surface area contributed by atoms with Crippen molar-refractivity contribution in [2.24, 2.45) is 0 Å². The topological polar surface area (TPSA) is 85.4 Å². The molecule has 0 spiro atoms. The zero-order chi connectivity index (χ0) is 22.0. The van der Waals surface area contributed by atoms with Gasteiger partial charge in [0, 0.05) is 22.3 Å². The van der Waals surface area contributed by atoms with E-state index >= 15 is 0 Å². The summed E-state index contributed by atoms with van der Waals surface area (Å²) in [6.07, 6.45) is 2.69. The molecule has 6 heteroatoms. The van der Waals surface area contributed by atoms with Gasteiger partial charge >= 0.3 is 5.97 Å². The number of nitrogens with one attached hydrogen (secondary N) is 1. The average Bonchev–Trinajstić information content (AvgIpc) is 2.77. The monoisotopic (exact) mass is 416 g/mol. The number of carbonyl (C=O) groups excluding carboxylic acids is 3. The van der Waals surface area contributed by atoms with Crippen LogP contribution in [0.3, 0.4) is 0 Å². The number of esters is 1. The molecule has 2 aromatic carbocycles. The van der Waals surface area contributed by atoms with E-state index < -0.39 is 18.0 Å². The number of rotatable bonds is 5. The summed E-state index contributed by atoms with van der Waals surface area (Å²) in [7, 11) is 0. The number of nitrogens with zero attached hydrogens (tertiary/aromatic N) is 1. The number of para-hydroxylation sites is 1. The van der Waals surface area contributed by atoms with Crippen molar-refractivity contribution in [2.45, 2.75) is 45.6 Å². The van der Waals surface area contributed by atoms with Crippen molar-refractivity contribution in [3.63, 3.8) is 0 Å². The maximum atomic E-state index is 13.2. The first-order chi connectivity index (χ1) is 14.9. The molecule has 0 saturated carbocycles. The van der Waals surface area contributed by atoms with Gasteiger partial charge in [0.2, 0.25) is 0 Å². The molecule has 0 saturated heterocycles. The summed E-state index contributed by atoms with van der Waals surface area (Å²) in [4.78, 5) is 41.9. The molecule has 1 atom stereocenters. The number of aryl methyl sites for hydroxylation is 1. The maximum absolute atomic E-state index is 13.2. The van der Waals surface area contributed by atoms with Gasteiger partial charge in [0.05, 0.1) is 11.1 Å². The number of hydrogen-bond donors (Lipinski definition) is 1. The quantitative estimate of drug-likeness (QED) is 0.489.